The highest BCUT2D eigenvalue weighted by atomic mass is 16.4. The molecule has 2 fully saturated rings. The van der Waals surface area contributed by atoms with Crippen LogP contribution in [-0.4, -0.2) is 46.2 Å². The average molecular weight is 283 g/mol. The largest absolute Gasteiger partial charge is 0.481 e. The summed E-state index contributed by atoms with van der Waals surface area (Å²) < 4.78 is 0. The quantitative estimate of drug-likeness (QED) is 0.816. The maximum absolute atomic E-state index is 12.6. The number of likely N-dealkylation sites (tertiary alicyclic amines) is 1. The van der Waals surface area contributed by atoms with E-state index in [9.17, 15) is 19.8 Å². The fraction of sp³-hybridized carbons (Fsp3) is 0.867. The van der Waals surface area contributed by atoms with Gasteiger partial charge in [-0.3, -0.25) is 9.59 Å². The van der Waals surface area contributed by atoms with Crippen LogP contribution in [0.3, 0.4) is 0 Å². The van der Waals surface area contributed by atoms with Crippen LogP contribution in [0.1, 0.15) is 39.5 Å². The van der Waals surface area contributed by atoms with Crippen molar-refractivity contribution in [2.75, 3.05) is 13.1 Å². The predicted octanol–water partition coefficient (Wildman–Crippen LogP) is 1.35. The molecule has 5 nitrogen and oxygen atoms in total. The lowest BCUT2D eigenvalue weighted by atomic mass is 9.95. The van der Waals surface area contributed by atoms with E-state index in [4.69, 9.17) is 0 Å². The predicted molar refractivity (Wildman–Crippen MR) is 74.0 cm³/mol. The fourth-order valence-electron chi connectivity index (χ4n) is 3.64. The van der Waals surface area contributed by atoms with E-state index >= 15 is 0 Å². The molecule has 5 atom stereocenters. The van der Waals surface area contributed by atoms with Gasteiger partial charge in [0, 0.05) is 19.0 Å². The van der Waals surface area contributed by atoms with Gasteiger partial charge in [0.05, 0.1) is 17.9 Å². The summed E-state index contributed by atoms with van der Waals surface area (Å²) in [5, 5.41) is 18.9. The van der Waals surface area contributed by atoms with E-state index in [1.54, 1.807) is 11.8 Å². The molecule has 1 aliphatic carbocycles. The highest BCUT2D eigenvalue weighted by Crippen LogP contribution is 2.40. The zero-order valence-corrected chi connectivity index (χ0v) is 12.3. The third-order valence-electron chi connectivity index (χ3n) is 5.09. The summed E-state index contributed by atoms with van der Waals surface area (Å²) >= 11 is 0. The SMILES string of the molecule is CCC1C[C@H](C(=O)N2CCC(C(C)O)C2)[C@H](C(=O)O)C1. The van der Waals surface area contributed by atoms with E-state index < -0.39 is 18.0 Å². The minimum Gasteiger partial charge on any atom is -0.481 e. The average Bonchev–Trinajstić information content (AvgIpc) is 3.04. The molecule has 1 aliphatic heterocycles. The lowest BCUT2D eigenvalue weighted by Crippen LogP contribution is -2.38. The summed E-state index contributed by atoms with van der Waals surface area (Å²) in [6.45, 7) is 5.02. The number of hydrogen-bond acceptors (Lipinski definition) is 3. The maximum Gasteiger partial charge on any atom is 0.307 e. The van der Waals surface area contributed by atoms with Crippen molar-refractivity contribution in [2.45, 2.75) is 45.6 Å². The van der Waals surface area contributed by atoms with Crippen molar-refractivity contribution in [1.29, 1.82) is 0 Å². The molecule has 1 amide bonds. The van der Waals surface area contributed by atoms with Crippen molar-refractivity contribution in [3.63, 3.8) is 0 Å². The number of carbonyl (C=O) groups excluding carboxylic acids is 1. The molecule has 20 heavy (non-hydrogen) atoms. The Morgan fingerprint density at radius 3 is 2.45 bits per heavy atom. The Hall–Kier alpha value is -1.10. The van der Waals surface area contributed by atoms with E-state index in [1.165, 1.54) is 0 Å². The first-order valence-corrected chi connectivity index (χ1v) is 7.63. The first-order valence-electron chi connectivity index (χ1n) is 7.63. The smallest absolute Gasteiger partial charge is 0.307 e. The van der Waals surface area contributed by atoms with E-state index in [0.29, 0.717) is 31.8 Å². The van der Waals surface area contributed by atoms with E-state index in [0.717, 1.165) is 12.8 Å². The number of carboxylic acid groups (broad SMARTS) is 1. The number of aliphatic hydroxyl groups is 1. The lowest BCUT2D eigenvalue weighted by Gasteiger charge is -2.23. The van der Waals surface area contributed by atoms with Crippen LogP contribution < -0.4 is 0 Å². The van der Waals surface area contributed by atoms with Crippen molar-refractivity contribution in [3.8, 4) is 0 Å². The normalized spacial score (nSPS) is 35.2. The minimum atomic E-state index is -0.842. The third kappa shape index (κ3) is 2.97. The molecule has 114 valence electrons. The second-order valence-corrected chi connectivity index (χ2v) is 6.37. The number of carbonyl (C=O) groups is 2. The van der Waals surface area contributed by atoms with Gasteiger partial charge in [0.15, 0.2) is 0 Å². The Morgan fingerprint density at radius 2 is 1.95 bits per heavy atom. The molecule has 2 aliphatic rings. The van der Waals surface area contributed by atoms with Gasteiger partial charge in [-0.2, -0.15) is 0 Å². The van der Waals surface area contributed by atoms with Crippen LogP contribution in [0.5, 0.6) is 0 Å². The number of hydrogen-bond donors (Lipinski definition) is 2. The standard InChI is InChI=1S/C15H25NO4/c1-3-10-6-12(13(7-10)15(19)20)14(18)16-5-4-11(8-16)9(2)17/h9-13,17H,3-8H2,1-2H3,(H,19,20)/t9?,10?,11?,12-,13+/m0/s1. The number of carboxylic acids is 1. The Bertz CT molecular complexity index is 382. The Morgan fingerprint density at radius 1 is 1.30 bits per heavy atom. The van der Waals surface area contributed by atoms with Crippen molar-refractivity contribution < 1.29 is 19.8 Å². The molecule has 2 N–H and O–H groups in total. The number of rotatable bonds is 4. The van der Waals surface area contributed by atoms with Crippen LogP contribution in [0, 0.1) is 23.7 Å². The molecule has 0 spiro atoms. The molecule has 1 saturated carbocycles. The highest BCUT2D eigenvalue weighted by molar-refractivity contribution is 5.85. The van der Waals surface area contributed by atoms with Gasteiger partial charge in [-0.25, -0.2) is 0 Å². The zero-order valence-electron chi connectivity index (χ0n) is 12.3. The first-order chi connectivity index (χ1) is 9.43. The van der Waals surface area contributed by atoms with E-state index in [1.807, 2.05) is 0 Å². The van der Waals surface area contributed by atoms with Crippen LogP contribution in [0.25, 0.3) is 0 Å². The maximum atomic E-state index is 12.6. The van der Waals surface area contributed by atoms with Gasteiger partial charge in [-0.05, 0) is 32.1 Å². The molecule has 0 bridgehead atoms. The molecular formula is C15H25NO4. The topological polar surface area (TPSA) is 77.8 Å². The first kappa shape index (κ1) is 15.3. The summed E-state index contributed by atoms with van der Waals surface area (Å²) in [6.07, 6.45) is 2.66. The zero-order chi connectivity index (χ0) is 14.9. The van der Waals surface area contributed by atoms with Gasteiger partial charge in [-0.1, -0.05) is 13.3 Å². The number of aliphatic carboxylic acids is 1. The number of aliphatic hydroxyl groups excluding tert-OH is 1. The Labute approximate surface area is 120 Å². The van der Waals surface area contributed by atoms with Gasteiger partial charge in [0.1, 0.15) is 0 Å². The van der Waals surface area contributed by atoms with Gasteiger partial charge >= 0.3 is 5.97 Å². The lowest BCUT2D eigenvalue weighted by molar-refractivity contribution is -0.148. The van der Waals surface area contributed by atoms with E-state index in [-0.39, 0.29) is 17.7 Å². The second-order valence-electron chi connectivity index (χ2n) is 6.37. The summed E-state index contributed by atoms with van der Waals surface area (Å²) in [5.41, 5.74) is 0. The van der Waals surface area contributed by atoms with Gasteiger partial charge in [0.25, 0.3) is 0 Å². The number of nitrogens with zero attached hydrogens (tertiary/aromatic N) is 1. The summed E-state index contributed by atoms with van der Waals surface area (Å²) in [5.74, 6) is -1.28. The van der Waals surface area contributed by atoms with E-state index in [2.05, 4.69) is 6.92 Å². The van der Waals surface area contributed by atoms with Crippen LogP contribution in [0.15, 0.2) is 0 Å². The van der Waals surface area contributed by atoms with Crippen LogP contribution in [0.4, 0.5) is 0 Å². The molecule has 1 heterocycles. The Balaban J connectivity index is 2.02. The van der Waals surface area contributed by atoms with Crippen molar-refractivity contribution in [1.82, 2.24) is 4.90 Å². The third-order valence-corrected chi connectivity index (χ3v) is 5.09. The molecular weight excluding hydrogens is 258 g/mol. The van der Waals surface area contributed by atoms with Gasteiger partial charge in [0.2, 0.25) is 5.91 Å². The molecule has 0 aromatic carbocycles. The highest BCUT2D eigenvalue weighted by Gasteiger charge is 2.44. The molecule has 2 rings (SSSR count). The van der Waals surface area contributed by atoms with Crippen LogP contribution in [0.2, 0.25) is 0 Å². The molecule has 1 saturated heterocycles. The van der Waals surface area contributed by atoms with Crippen LogP contribution in [-0.2, 0) is 9.59 Å². The summed E-state index contributed by atoms with van der Waals surface area (Å²) in [6, 6.07) is 0. The van der Waals surface area contributed by atoms with Crippen molar-refractivity contribution >= 4 is 11.9 Å². The minimum absolute atomic E-state index is 0.0171. The molecule has 5 heteroatoms. The number of amides is 1. The van der Waals surface area contributed by atoms with Crippen molar-refractivity contribution in [3.05, 3.63) is 0 Å². The second kappa shape index (κ2) is 6.12. The summed E-state index contributed by atoms with van der Waals surface area (Å²) in [4.78, 5) is 25.7. The van der Waals surface area contributed by atoms with Crippen LogP contribution >= 0.6 is 0 Å². The van der Waals surface area contributed by atoms with Gasteiger partial charge < -0.3 is 15.1 Å². The monoisotopic (exact) mass is 283 g/mol. The molecule has 0 radical (unpaired) electrons. The molecule has 3 unspecified atom stereocenters. The summed E-state index contributed by atoms with van der Waals surface area (Å²) in [7, 11) is 0. The fourth-order valence-corrected chi connectivity index (χ4v) is 3.64. The van der Waals surface area contributed by atoms with Gasteiger partial charge in [-0.15, -0.1) is 0 Å². The molecule has 0 aromatic heterocycles. The van der Waals surface area contributed by atoms with Crippen molar-refractivity contribution in [2.24, 2.45) is 23.7 Å². The molecule has 0 aromatic rings. The Kier molecular flexibility index (Phi) is 4.68.